The lowest BCUT2D eigenvalue weighted by atomic mass is 10.1. The number of rotatable bonds is 7. The van der Waals surface area contributed by atoms with E-state index in [4.69, 9.17) is 14.5 Å². The zero-order valence-corrected chi connectivity index (χ0v) is 21.9. The first-order valence-corrected chi connectivity index (χ1v) is 12.5. The average molecular weight is 565 g/mol. The second-order valence-corrected chi connectivity index (χ2v) is 9.18. The van der Waals surface area contributed by atoms with Gasteiger partial charge in [0.2, 0.25) is 0 Å². The molecule has 0 aliphatic carbocycles. The number of nitrogens with zero attached hydrogens (tertiary/aromatic N) is 4. The van der Waals surface area contributed by atoms with Gasteiger partial charge in [0.1, 0.15) is 6.61 Å². The zero-order valence-electron chi connectivity index (χ0n) is 20.3. The number of benzene rings is 4. The van der Waals surface area contributed by atoms with Crippen LogP contribution < -0.4 is 15.0 Å². The minimum absolute atomic E-state index is 0.148. The van der Waals surface area contributed by atoms with E-state index in [9.17, 15) is 10.1 Å². The summed E-state index contributed by atoms with van der Waals surface area (Å²) in [7, 11) is 1.55. The van der Waals surface area contributed by atoms with E-state index in [1.54, 1.807) is 49.7 Å². The number of hydrogen-bond acceptors (Lipinski definition) is 6. The number of nitriles is 1. The highest BCUT2D eigenvalue weighted by Crippen LogP contribution is 2.35. The number of ether oxygens (including phenoxy) is 2. The molecule has 38 heavy (non-hydrogen) atoms. The maximum absolute atomic E-state index is 13.5. The van der Waals surface area contributed by atoms with Crippen molar-refractivity contribution in [1.29, 1.82) is 5.26 Å². The first kappa shape index (κ1) is 24.9. The molecule has 1 heterocycles. The van der Waals surface area contributed by atoms with Gasteiger partial charge in [-0.1, -0.05) is 76.6 Å². The van der Waals surface area contributed by atoms with Gasteiger partial charge in [-0.3, -0.25) is 4.79 Å². The van der Waals surface area contributed by atoms with Crippen LogP contribution in [-0.2, 0) is 6.61 Å². The summed E-state index contributed by atoms with van der Waals surface area (Å²) in [6.45, 7) is 0.148. The van der Waals surface area contributed by atoms with Gasteiger partial charge in [0.15, 0.2) is 17.3 Å². The Kier molecular flexibility index (Phi) is 7.29. The van der Waals surface area contributed by atoms with Crippen LogP contribution in [0.25, 0.3) is 22.3 Å². The molecule has 0 aliphatic rings. The molecule has 8 heteroatoms. The third-order valence-electron chi connectivity index (χ3n) is 5.88. The highest BCUT2D eigenvalue weighted by atomic mass is 79.9. The molecule has 0 atom stereocenters. The van der Waals surface area contributed by atoms with Gasteiger partial charge in [0.05, 0.1) is 35.9 Å². The second-order valence-electron chi connectivity index (χ2n) is 8.26. The second kappa shape index (κ2) is 11.1. The Balaban J connectivity index is 1.62. The summed E-state index contributed by atoms with van der Waals surface area (Å²) >= 11 is 3.51. The van der Waals surface area contributed by atoms with Crippen LogP contribution in [0.5, 0.6) is 11.5 Å². The predicted molar refractivity (Wildman–Crippen MR) is 151 cm³/mol. The smallest absolute Gasteiger partial charge is 0.282 e. The minimum Gasteiger partial charge on any atom is -0.493 e. The third kappa shape index (κ3) is 5.05. The molecule has 0 saturated heterocycles. The van der Waals surface area contributed by atoms with Gasteiger partial charge in [0.25, 0.3) is 5.56 Å². The Morgan fingerprint density at radius 1 is 1.03 bits per heavy atom. The number of methoxy groups -OCH3 is 1. The van der Waals surface area contributed by atoms with Crippen LogP contribution in [-0.4, -0.2) is 23.0 Å². The Hall–Kier alpha value is -4.74. The van der Waals surface area contributed by atoms with Gasteiger partial charge >= 0.3 is 0 Å². The molecule has 4 aromatic carbocycles. The molecule has 0 spiro atoms. The lowest BCUT2D eigenvalue weighted by Gasteiger charge is -2.15. The molecule has 0 amide bonds. The summed E-state index contributed by atoms with van der Waals surface area (Å²) in [4.78, 5) is 18.3. The summed E-state index contributed by atoms with van der Waals surface area (Å²) in [5, 5.41) is 14.5. The standard InChI is InChI=1S/C30H21BrN4O3/c1-37-27-16-24(31)15-23(28(27)38-19-22-12-6-5-11-21(22)17-32)18-33-35-29(20-9-3-2-4-10-20)34-26-14-8-7-13-25(26)30(35)36/h2-16,18H,19H2,1H3. The van der Waals surface area contributed by atoms with Crippen molar-refractivity contribution in [3.05, 3.63) is 123 Å². The highest BCUT2D eigenvalue weighted by molar-refractivity contribution is 9.10. The number of para-hydroxylation sites is 1. The fourth-order valence-electron chi connectivity index (χ4n) is 4.02. The molecular formula is C30H21BrN4O3. The van der Waals surface area contributed by atoms with Crippen molar-refractivity contribution in [3.63, 3.8) is 0 Å². The molecular weight excluding hydrogens is 544 g/mol. The molecule has 0 bridgehead atoms. The fourth-order valence-corrected chi connectivity index (χ4v) is 4.48. The van der Waals surface area contributed by atoms with Crippen LogP contribution in [0.3, 0.4) is 0 Å². The average Bonchev–Trinajstić information content (AvgIpc) is 2.96. The number of aromatic nitrogens is 2. The lowest BCUT2D eigenvalue weighted by molar-refractivity contribution is 0.283. The summed E-state index contributed by atoms with van der Waals surface area (Å²) in [5.41, 5.74) is 2.89. The molecule has 5 aromatic rings. The molecule has 0 aliphatic heterocycles. The van der Waals surface area contributed by atoms with E-state index in [2.05, 4.69) is 27.1 Å². The normalized spacial score (nSPS) is 11.0. The van der Waals surface area contributed by atoms with Crippen molar-refractivity contribution < 1.29 is 9.47 Å². The van der Waals surface area contributed by atoms with E-state index in [0.29, 0.717) is 39.4 Å². The summed E-state index contributed by atoms with van der Waals surface area (Å²) in [5.74, 6) is 1.32. The molecule has 0 radical (unpaired) electrons. The summed E-state index contributed by atoms with van der Waals surface area (Å²) in [6.07, 6.45) is 1.54. The van der Waals surface area contributed by atoms with E-state index in [1.165, 1.54) is 4.68 Å². The van der Waals surface area contributed by atoms with Crippen molar-refractivity contribution in [1.82, 2.24) is 9.66 Å². The number of halogens is 1. The number of fused-ring (bicyclic) bond motifs is 1. The van der Waals surface area contributed by atoms with Gasteiger partial charge in [-0.2, -0.15) is 15.0 Å². The Morgan fingerprint density at radius 3 is 2.55 bits per heavy atom. The van der Waals surface area contributed by atoms with Gasteiger partial charge in [-0.15, -0.1) is 0 Å². The van der Waals surface area contributed by atoms with Crippen molar-refractivity contribution in [2.45, 2.75) is 6.61 Å². The van der Waals surface area contributed by atoms with Gasteiger partial charge in [0, 0.05) is 21.2 Å². The fraction of sp³-hybridized carbons (Fsp3) is 0.0667. The van der Waals surface area contributed by atoms with Gasteiger partial charge in [-0.05, 0) is 30.3 Å². The molecule has 7 nitrogen and oxygen atoms in total. The molecule has 5 rings (SSSR count). The van der Waals surface area contributed by atoms with Crippen LogP contribution in [0.2, 0.25) is 0 Å². The molecule has 0 fully saturated rings. The Morgan fingerprint density at radius 2 is 1.76 bits per heavy atom. The van der Waals surface area contributed by atoms with Crippen molar-refractivity contribution >= 4 is 33.0 Å². The van der Waals surface area contributed by atoms with E-state index < -0.39 is 0 Å². The summed E-state index contributed by atoms with van der Waals surface area (Å²) < 4.78 is 13.8. The maximum Gasteiger partial charge on any atom is 0.282 e. The highest BCUT2D eigenvalue weighted by Gasteiger charge is 2.15. The monoisotopic (exact) mass is 564 g/mol. The Labute approximate surface area is 227 Å². The van der Waals surface area contributed by atoms with E-state index in [-0.39, 0.29) is 12.2 Å². The van der Waals surface area contributed by atoms with Crippen LogP contribution in [0, 0.1) is 11.3 Å². The number of hydrogen-bond donors (Lipinski definition) is 0. The summed E-state index contributed by atoms with van der Waals surface area (Å²) in [6, 6.07) is 29.6. The lowest BCUT2D eigenvalue weighted by Crippen LogP contribution is -2.20. The third-order valence-corrected chi connectivity index (χ3v) is 6.33. The van der Waals surface area contributed by atoms with Crippen LogP contribution in [0.4, 0.5) is 0 Å². The molecule has 186 valence electrons. The van der Waals surface area contributed by atoms with E-state index in [0.717, 1.165) is 15.6 Å². The maximum atomic E-state index is 13.5. The topological polar surface area (TPSA) is 89.5 Å². The largest absolute Gasteiger partial charge is 0.493 e. The van der Waals surface area contributed by atoms with Gasteiger partial charge in [-0.25, -0.2) is 4.98 Å². The predicted octanol–water partition coefficient (Wildman–Crippen LogP) is 6.17. The zero-order chi connectivity index (χ0) is 26.5. The minimum atomic E-state index is -0.293. The van der Waals surface area contributed by atoms with Crippen LogP contribution >= 0.6 is 15.9 Å². The van der Waals surface area contributed by atoms with Crippen molar-refractivity contribution in [2.75, 3.05) is 7.11 Å². The van der Waals surface area contributed by atoms with Crippen molar-refractivity contribution in [2.24, 2.45) is 5.10 Å². The first-order chi connectivity index (χ1) is 18.6. The van der Waals surface area contributed by atoms with Gasteiger partial charge < -0.3 is 9.47 Å². The SMILES string of the molecule is COc1cc(Br)cc(C=Nn2c(-c3ccccc3)nc3ccccc3c2=O)c1OCc1ccccc1C#N. The Bertz CT molecular complexity index is 1760. The molecule has 0 N–H and O–H groups in total. The van der Waals surface area contributed by atoms with E-state index in [1.807, 2.05) is 54.6 Å². The molecule has 0 saturated carbocycles. The van der Waals surface area contributed by atoms with E-state index >= 15 is 0 Å². The van der Waals surface area contributed by atoms with Crippen LogP contribution in [0.1, 0.15) is 16.7 Å². The quantitative estimate of drug-likeness (QED) is 0.220. The molecule has 0 unspecified atom stereocenters. The first-order valence-electron chi connectivity index (χ1n) is 11.7. The molecule has 1 aromatic heterocycles. The van der Waals surface area contributed by atoms with Crippen LogP contribution in [0.15, 0.2) is 105 Å². The van der Waals surface area contributed by atoms with Crippen molar-refractivity contribution in [3.8, 4) is 29.0 Å².